The van der Waals surface area contributed by atoms with Crippen molar-refractivity contribution in [2.75, 3.05) is 13.1 Å². The Balaban J connectivity index is 2.18. The van der Waals surface area contributed by atoms with Crippen LogP contribution in [0.15, 0.2) is 0 Å². The molecule has 1 N–H and O–H groups in total. The molecule has 1 saturated heterocycles. The second-order valence-electron chi connectivity index (χ2n) is 7.85. The molecule has 19 heavy (non-hydrogen) atoms. The van der Waals surface area contributed by atoms with Crippen molar-refractivity contribution in [3.8, 4) is 0 Å². The molecular formula is C17H34N2. The van der Waals surface area contributed by atoms with Crippen molar-refractivity contribution >= 4 is 0 Å². The summed E-state index contributed by atoms with van der Waals surface area (Å²) in [6, 6.07) is 1.42. The zero-order valence-electron chi connectivity index (χ0n) is 13.8. The Labute approximate surface area is 120 Å². The third-order valence-corrected chi connectivity index (χ3v) is 5.63. The molecule has 0 aromatic heterocycles. The van der Waals surface area contributed by atoms with E-state index in [9.17, 15) is 0 Å². The fourth-order valence-electron chi connectivity index (χ4n) is 4.21. The molecule has 1 spiro atoms. The predicted octanol–water partition coefficient (Wildman–Crippen LogP) is 3.81. The summed E-state index contributed by atoms with van der Waals surface area (Å²) in [6.07, 6.45) is 8.28. The summed E-state index contributed by atoms with van der Waals surface area (Å²) < 4.78 is 0. The fraction of sp³-hybridized carbons (Fsp3) is 1.00. The molecule has 0 aromatic rings. The average molecular weight is 266 g/mol. The van der Waals surface area contributed by atoms with Crippen molar-refractivity contribution in [2.24, 2.45) is 5.41 Å². The molecule has 0 aromatic carbocycles. The third kappa shape index (κ3) is 3.00. The largest absolute Gasteiger partial charge is 0.310 e. The number of rotatable bonds is 3. The van der Waals surface area contributed by atoms with Gasteiger partial charge in [0.2, 0.25) is 0 Å². The molecular weight excluding hydrogens is 232 g/mol. The molecule has 1 heterocycles. The number of piperazine rings is 1. The van der Waals surface area contributed by atoms with Gasteiger partial charge in [-0.1, -0.05) is 47.5 Å². The molecule has 2 nitrogen and oxygen atoms in total. The van der Waals surface area contributed by atoms with Crippen LogP contribution in [0.5, 0.6) is 0 Å². The van der Waals surface area contributed by atoms with E-state index >= 15 is 0 Å². The minimum Gasteiger partial charge on any atom is -0.310 e. The molecule has 2 aliphatic rings. The first kappa shape index (κ1) is 15.3. The molecule has 0 radical (unpaired) electrons. The normalized spacial score (nSPS) is 28.4. The summed E-state index contributed by atoms with van der Waals surface area (Å²) in [4.78, 5) is 2.91. The van der Waals surface area contributed by atoms with Gasteiger partial charge in [-0.15, -0.1) is 0 Å². The lowest BCUT2D eigenvalue weighted by atomic mass is 9.80. The van der Waals surface area contributed by atoms with E-state index in [2.05, 4.69) is 44.8 Å². The molecule has 1 saturated carbocycles. The molecule has 0 bridgehead atoms. The molecule has 1 atom stereocenters. The fourth-order valence-corrected chi connectivity index (χ4v) is 4.21. The maximum absolute atomic E-state index is 3.88. The smallest absolute Gasteiger partial charge is 0.0337 e. The van der Waals surface area contributed by atoms with Crippen molar-refractivity contribution in [3.63, 3.8) is 0 Å². The number of hydrogen-bond acceptors (Lipinski definition) is 2. The average Bonchev–Trinajstić information content (AvgIpc) is 2.81. The number of nitrogens with zero attached hydrogens (tertiary/aromatic N) is 1. The van der Waals surface area contributed by atoms with Gasteiger partial charge in [0, 0.05) is 30.7 Å². The van der Waals surface area contributed by atoms with Gasteiger partial charge >= 0.3 is 0 Å². The second kappa shape index (κ2) is 5.73. The summed E-state index contributed by atoms with van der Waals surface area (Å²) in [5, 5.41) is 3.88. The van der Waals surface area contributed by atoms with E-state index in [4.69, 9.17) is 0 Å². The van der Waals surface area contributed by atoms with E-state index in [0.29, 0.717) is 17.0 Å². The van der Waals surface area contributed by atoms with Crippen LogP contribution in [0.1, 0.15) is 73.1 Å². The summed E-state index contributed by atoms with van der Waals surface area (Å²) >= 11 is 0. The van der Waals surface area contributed by atoms with Gasteiger partial charge in [0.15, 0.2) is 0 Å². The van der Waals surface area contributed by atoms with E-state index in [-0.39, 0.29) is 0 Å². The van der Waals surface area contributed by atoms with E-state index in [0.717, 1.165) is 6.04 Å². The second-order valence-corrected chi connectivity index (χ2v) is 7.85. The summed E-state index contributed by atoms with van der Waals surface area (Å²) in [7, 11) is 0. The lowest BCUT2D eigenvalue weighted by Gasteiger charge is -2.54. The standard InChI is InChI=1S/C17H34N2/c1-6-14(7-2)19-12-15(16(3,4)5)18-13-17(19)10-8-9-11-17/h14-15,18H,6-13H2,1-5H3. The first-order valence-corrected chi connectivity index (χ1v) is 8.43. The molecule has 1 unspecified atom stereocenters. The lowest BCUT2D eigenvalue weighted by molar-refractivity contribution is -0.0177. The van der Waals surface area contributed by atoms with Crippen LogP contribution in [-0.2, 0) is 0 Å². The maximum Gasteiger partial charge on any atom is 0.0337 e. The predicted molar refractivity (Wildman–Crippen MR) is 83.5 cm³/mol. The van der Waals surface area contributed by atoms with Crippen molar-refractivity contribution in [2.45, 2.75) is 90.8 Å². The zero-order chi connectivity index (χ0) is 14.1. The first-order valence-electron chi connectivity index (χ1n) is 8.43. The van der Waals surface area contributed by atoms with Crippen molar-refractivity contribution in [1.29, 1.82) is 0 Å². The van der Waals surface area contributed by atoms with Crippen LogP contribution in [0.3, 0.4) is 0 Å². The van der Waals surface area contributed by atoms with Crippen LogP contribution in [-0.4, -0.2) is 35.6 Å². The Morgan fingerprint density at radius 3 is 2.21 bits per heavy atom. The van der Waals surface area contributed by atoms with Crippen LogP contribution < -0.4 is 5.32 Å². The topological polar surface area (TPSA) is 15.3 Å². The van der Waals surface area contributed by atoms with Gasteiger partial charge in [-0.05, 0) is 31.1 Å². The highest BCUT2D eigenvalue weighted by atomic mass is 15.3. The summed E-state index contributed by atoms with van der Waals surface area (Å²) in [5.41, 5.74) is 0.850. The monoisotopic (exact) mass is 266 g/mol. The van der Waals surface area contributed by atoms with Crippen LogP contribution in [0.4, 0.5) is 0 Å². The molecule has 2 heteroatoms. The Kier molecular flexibility index (Phi) is 4.62. The van der Waals surface area contributed by atoms with Crippen molar-refractivity contribution in [1.82, 2.24) is 10.2 Å². The van der Waals surface area contributed by atoms with Crippen LogP contribution >= 0.6 is 0 Å². The minimum absolute atomic E-state index is 0.366. The van der Waals surface area contributed by atoms with Crippen molar-refractivity contribution in [3.05, 3.63) is 0 Å². The zero-order valence-corrected chi connectivity index (χ0v) is 13.8. The summed E-state index contributed by atoms with van der Waals surface area (Å²) in [5.74, 6) is 0. The SMILES string of the molecule is CCC(CC)N1CC(C(C)(C)C)NCC12CCCC2. The minimum atomic E-state index is 0.366. The highest BCUT2D eigenvalue weighted by Crippen LogP contribution is 2.40. The van der Waals surface area contributed by atoms with E-state index < -0.39 is 0 Å². The molecule has 112 valence electrons. The number of nitrogens with one attached hydrogen (secondary N) is 1. The van der Waals surface area contributed by atoms with E-state index in [1.54, 1.807) is 0 Å². The highest BCUT2D eigenvalue weighted by molar-refractivity contribution is 5.05. The Morgan fingerprint density at radius 2 is 1.74 bits per heavy atom. The van der Waals surface area contributed by atoms with Crippen molar-refractivity contribution < 1.29 is 0 Å². The highest BCUT2D eigenvalue weighted by Gasteiger charge is 2.47. The quantitative estimate of drug-likeness (QED) is 0.835. The molecule has 0 amide bonds. The van der Waals surface area contributed by atoms with Gasteiger partial charge in [-0.25, -0.2) is 0 Å². The van der Waals surface area contributed by atoms with Gasteiger partial charge in [-0.3, -0.25) is 4.90 Å². The molecule has 2 fully saturated rings. The van der Waals surface area contributed by atoms with Crippen LogP contribution in [0.2, 0.25) is 0 Å². The third-order valence-electron chi connectivity index (χ3n) is 5.63. The Hall–Kier alpha value is -0.0800. The van der Waals surface area contributed by atoms with Gasteiger partial charge < -0.3 is 5.32 Å². The van der Waals surface area contributed by atoms with Crippen LogP contribution in [0, 0.1) is 5.41 Å². The van der Waals surface area contributed by atoms with Gasteiger partial charge in [0.1, 0.15) is 0 Å². The van der Waals surface area contributed by atoms with E-state index in [1.807, 2.05) is 0 Å². The Bertz CT molecular complexity index is 282. The molecule has 1 aliphatic heterocycles. The van der Waals surface area contributed by atoms with Crippen LogP contribution in [0.25, 0.3) is 0 Å². The lowest BCUT2D eigenvalue weighted by Crippen LogP contribution is -2.68. The molecule has 2 rings (SSSR count). The van der Waals surface area contributed by atoms with Gasteiger partial charge in [-0.2, -0.15) is 0 Å². The summed E-state index contributed by atoms with van der Waals surface area (Å²) in [6.45, 7) is 14.3. The van der Waals surface area contributed by atoms with Gasteiger partial charge in [0.05, 0.1) is 0 Å². The number of hydrogen-bond donors (Lipinski definition) is 1. The Morgan fingerprint density at radius 1 is 1.16 bits per heavy atom. The maximum atomic E-state index is 3.88. The van der Waals surface area contributed by atoms with E-state index in [1.165, 1.54) is 51.6 Å². The first-order chi connectivity index (χ1) is 8.93. The van der Waals surface area contributed by atoms with Gasteiger partial charge in [0.25, 0.3) is 0 Å². The molecule has 1 aliphatic carbocycles.